The number of carboxylic acid groups (broad SMARTS) is 1. The summed E-state index contributed by atoms with van der Waals surface area (Å²) in [6.45, 7) is 4.03. The molecule has 5 nitrogen and oxygen atoms in total. The van der Waals surface area contributed by atoms with Crippen LogP contribution in [0.25, 0.3) is 0 Å². The van der Waals surface area contributed by atoms with Crippen molar-refractivity contribution in [3.8, 4) is 0 Å². The van der Waals surface area contributed by atoms with E-state index in [1.54, 1.807) is 0 Å². The Kier molecular flexibility index (Phi) is 3.45. The molecule has 1 saturated carbocycles. The molecule has 1 aromatic rings. The van der Waals surface area contributed by atoms with E-state index in [0.717, 1.165) is 18.7 Å². The topological polar surface area (TPSA) is 76.2 Å². The van der Waals surface area contributed by atoms with Crippen LogP contribution in [0.4, 0.5) is 0 Å². The van der Waals surface area contributed by atoms with Gasteiger partial charge >= 0.3 is 5.97 Å². The van der Waals surface area contributed by atoms with Crippen molar-refractivity contribution < 1.29 is 14.4 Å². The van der Waals surface area contributed by atoms with Crippen molar-refractivity contribution in [2.45, 2.75) is 51.4 Å². The Morgan fingerprint density at radius 1 is 1.35 bits per heavy atom. The number of nitrogens with zero attached hydrogens (tertiary/aromatic N) is 2. The highest BCUT2D eigenvalue weighted by molar-refractivity contribution is 5.70. The molecule has 0 amide bonds. The summed E-state index contributed by atoms with van der Waals surface area (Å²) in [5.41, 5.74) is 0. The minimum atomic E-state index is -0.681. The third kappa shape index (κ3) is 2.65. The number of hydrogen-bond acceptors (Lipinski definition) is 4. The zero-order chi connectivity index (χ0) is 12.4. The number of carbonyl (C=O) groups is 1. The van der Waals surface area contributed by atoms with Gasteiger partial charge in [0.25, 0.3) is 0 Å². The van der Waals surface area contributed by atoms with Gasteiger partial charge in [0, 0.05) is 11.8 Å². The van der Waals surface area contributed by atoms with Crippen molar-refractivity contribution in [1.29, 1.82) is 0 Å². The summed E-state index contributed by atoms with van der Waals surface area (Å²) < 4.78 is 5.18. The second-order valence-electron chi connectivity index (χ2n) is 5.03. The van der Waals surface area contributed by atoms with Crippen molar-refractivity contribution in [1.82, 2.24) is 10.1 Å². The Labute approximate surface area is 100 Å². The molecule has 5 heteroatoms. The van der Waals surface area contributed by atoms with Gasteiger partial charge in [-0.15, -0.1) is 0 Å². The van der Waals surface area contributed by atoms with Gasteiger partial charge in [0.1, 0.15) is 0 Å². The lowest BCUT2D eigenvalue weighted by atomic mass is 9.82. The van der Waals surface area contributed by atoms with E-state index in [4.69, 9.17) is 9.63 Å². The van der Waals surface area contributed by atoms with Crippen LogP contribution in [0.5, 0.6) is 0 Å². The Hall–Kier alpha value is -1.39. The predicted molar refractivity (Wildman–Crippen MR) is 60.7 cm³/mol. The third-order valence-corrected chi connectivity index (χ3v) is 3.39. The molecule has 0 atom stereocenters. The van der Waals surface area contributed by atoms with E-state index in [9.17, 15) is 4.79 Å². The maximum atomic E-state index is 10.8. The summed E-state index contributed by atoms with van der Waals surface area (Å²) >= 11 is 0. The van der Waals surface area contributed by atoms with Crippen LogP contribution in [-0.4, -0.2) is 21.2 Å². The zero-order valence-electron chi connectivity index (χ0n) is 10.2. The lowest BCUT2D eigenvalue weighted by Crippen LogP contribution is -2.21. The molecule has 0 aliphatic heterocycles. The molecule has 1 aromatic heterocycles. The molecule has 2 rings (SSSR count). The highest BCUT2D eigenvalue weighted by atomic mass is 16.5. The normalized spacial score (nSPS) is 25.1. The maximum absolute atomic E-state index is 10.8. The van der Waals surface area contributed by atoms with Crippen LogP contribution >= 0.6 is 0 Å². The first-order chi connectivity index (χ1) is 8.08. The molecule has 1 heterocycles. The second kappa shape index (κ2) is 4.85. The lowest BCUT2D eigenvalue weighted by molar-refractivity contribution is -0.142. The molecule has 0 radical (unpaired) electrons. The van der Waals surface area contributed by atoms with Crippen molar-refractivity contribution >= 4 is 5.97 Å². The number of hydrogen-bond donors (Lipinski definition) is 1. The first-order valence-corrected chi connectivity index (χ1v) is 6.14. The van der Waals surface area contributed by atoms with Gasteiger partial charge in [-0.1, -0.05) is 19.0 Å². The average Bonchev–Trinajstić information content (AvgIpc) is 2.78. The van der Waals surface area contributed by atoms with E-state index < -0.39 is 5.97 Å². The molecule has 0 bridgehead atoms. The van der Waals surface area contributed by atoms with Crippen LogP contribution in [-0.2, 0) is 4.79 Å². The van der Waals surface area contributed by atoms with Crippen LogP contribution in [0, 0.1) is 5.92 Å². The minimum absolute atomic E-state index is 0.192. The standard InChI is InChI=1S/C12H18N2O3/c1-7(2)11-13-10(14-17-11)8-3-5-9(6-4-8)12(15)16/h7-9H,3-6H2,1-2H3,(H,15,16)/t8-,9-. The number of aromatic nitrogens is 2. The Morgan fingerprint density at radius 3 is 2.47 bits per heavy atom. The highest BCUT2D eigenvalue weighted by Gasteiger charge is 2.29. The molecular formula is C12H18N2O3. The van der Waals surface area contributed by atoms with Gasteiger partial charge in [-0.05, 0) is 25.7 Å². The summed E-state index contributed by atoms with van der Waals surface area (Å²) in [5, 5.41) is 12.9. The van der Waals surface area contributed by atoms with Crippen molar-refractivity contribution in [2.75, 3.05) is 0 Å². The Morgan fingerprint density at radius 2 is 2.00 bits per heavy atom. The van der Waals surface area contributed by atoms with Gasteiger partial charge < -0.3 is 9.63 Å². The number of rotatable bonds is 3. The van der Waals surface area contributed by atoms with Crippen LogP contribution in [0.2, 0.25) is 0 Å². The minimum Gasteiger partial charge on any atom is -0.481 e. The molecule has 0 unspecified atom stereocenters. The number of aliphatic carboxylic acids is 1. The highest BCUT2D eigenvalue weighted by Crippen LogP contribution is 2.34. The lowest BCUT2D eigenvalue weighted by Gasteiger charge is -2.23. The first-order valence-electron chi connectivity index (χ1n) is 6.14. The van der Waals surface area contributed by atoms with E-state index in [0.29, 0.717) is 18.7 Å². The molecular weight excluding hydrogens is 220 g/mol. The summed E-state index contributed by atoms with van der Waals surface area (Å²) in [7, 11) is 0. The Bertz CT molecular complexity index is 392. The molecule has 0 spiro atoms. The van der Waals surface area contributed by atoms with Crippen LogP contribution in [0.3, 0.4) is 0 Å². The third-order valence-electron chi connectivity index (χ3n) is 3.39. The van der Waals surface area contributed by atoms with E-state index >= 15 is 0 Å². The SMILES string of the molecule is CC(C)c1nc([C@H]2CC[C@H](C(=O)O)CC2)no1. The van der Waals surface area contributed by atoms with Crippen molar-refractivity contribution in [3.05, 3.63) is 11.7 Å². The van der Waals surface area contributed by atoms with Crippen LogP contribution in [0.1, 0.15) is 63.1 Å². The summed E-state index contributed by atoms with van der Waals surface area (Å²) in [4.78, 5) is 15.2. The van der Waals surface area contributed by atoms with Gasteiger partial charge in [-0.25, -0.2) is 0 Å². The zero-order valence-corrected chi connectivity index (χ0v) is 10.2. The maximum Gasteiger partial charge on any atom is 0.306 e. The predicted octanol–water partition coefficient (Wildman–Crippen LogP) is 2.55. The quantitative estimate of drug-likeness (QED) is 0.875. The van der Waals surface area contributed by atoms with E-state index in [1.807, 2.05) is 13.8 Å². The second-order valence-corrected chi connectivity index (χ2v) is 5.03. The van der Waals surface area contributed by atoms with Gasteiger partial charge in [0.2, 0.25) is 5.89 Å². The molecule has 1 fully saturated rings. The van der Waals surface area contributed by atoms with Crippen molar-refractivity contribution in [3.63, 3.8) is 0 Å². The van der Waals surface area contributed by atoms with Gasteiger partial charge in [0.05, 0.1) is 5.92 Å². The van der Waals surface area contributed by atoms with Crippen LogP contribution < -0.4 is 0 Å². The molecule has 1 aliphatic carbocycles. The van der Waals surface area contributed by atoms with Gasteiger partial charge in [-0.2, -0.15) is 4.98 Å². The Balaban J connectivity index is 1.98. The number of carboxylic acids is 1. The fraction of sp³-hybridized carbons (Fsp3) is 0.750. The van der Waals surface area contributed by atoms with E-state index in [-0.39, 0.29) is 17.8 Å². The summed E-state index contributed by atoms with van der Waals surface area (Å²) in [6.07, 6.45) is 3.11. The summed E-state index contributed by atoms with van der Waals surface area (Å²) in [5.74, 6) is 1.05. The largest absolute Gasteiger partial charge is 0.481 e. The fourth-order valence-electron chi connectivity index (χ4n) is 2.25. The monoisotopic (exact) mass is 238 g/mol. The van der Waals surface area contributed by atoms with Gasteiger partial charge in [-0.3, -0.25) is 4.79 Å². The molecule has 0 saturated heterocycles. The molecule has 0 aromatic carbocycles. The molecule has 1 aliphatic rings. The molecule has 94 valence electrons. The van der Waals surface area contributed by atoms with Crippen molar-refractivity contribution in [2.24, 2.45) is 5.92 Å². The average molecular weight is 238 g/mol. The smallest absolute Gasteiger partial charge is 0.306 e. The van der Waals surface area contributed by atoms with Gasteiger partial charge in [0.15, 0.2) is 5.82 Å². The first kappa shape index (κ1) is 12.1. The summed E-state index contributed by atoms with van der Waals surface area (Å²) in [6, 6.07) is 0. The van der Waals surface area contributed by atoms with Crippen LogP contribution in [0.15, 0.2) is 4.52 Å². The molecule has 1 N–H and O–H groups in total. The van der Waals surface area contributed by atoms with E-state index in [2.05, 4.69) is 10.1 Å². The van der Waals surface area contributed by atoms with E-state index in [1.165, 1.54) is 0 Å². The molecule has 17 heavy (non-hydrogen) atoms. The fourth-order valence-corrected chi connectivity index (χ4v) is 2.25.